The number of hydrogen-bond acceptors (Lipinski definition) is 3. The van der Waals surface area contributed by atoms with Gasteiger partial charge in [0.1, 0.15) is 11.8 Å². The van der Waals surface area contributed by atoms with Crippen LogP contribution in [0.4, 0.5) is 0 Å². The van der Waals surface area contributed by atoms with Crippen LogP contribution in [0.25, 0.3) is 5.69 Å². The van der Waals surface area contributed by atoms with Gasteiger partial charge >= 0.3 is 0 Å². The molecule has 5 heteroatoms. The van der Waals surface area contributed by atoms with Crippen molar-refractivity contribution >= 4 is 11.6 Å². The fraction of sp³-hybridized carbons (Fsp3) is 0.0667. The molecule has 100 valence electrons. The third-order valence-corrected chi connectivity index (χ3v) is 3.32. The second-order valence-electron chi connectivity index (χ2n) is 4.32. The minimum atomic E-state index is -0.888. The monoisotopic (exact) mass is 285 g/mol. The summed E-state index contributed by atoms with van der Waals surface area (Å²) in [6.45, 7) is 0. The largest absolute Gasteiger partial charge is 0.382 e. The average Bonchev–Trinajstić information content (AvgIpc) is 2.98. The number of benzene rings is 2. The minimum Gasteiger partial charge on any atom is -0.382 e. The predicted molar refractivity (Wildman–Crippen MR) is 76.9 cm³/mol. The number of para-hydroxylation sites is 1. The Balaban J connectivity index is 1.93. The molecule has 1 aromatic heterocycles. The first-order chi connectivity index (χ1) is 9.75. The van der Waals surface area contributed by atoms with Gasteiger partial charge in [0.15, 0.2) is 0 Å². The van der Waals surface area contributed by atoms with Crippen molar-refractivity contribution in [2.45, 2.75) is 6.10 Å². The summed E-state index contributed by atoms with van der Waals surface area (Å²) in [4.78, 5) is 1.48. The van der Waals surface area contributed by atoms with Crippen LogP contribution in [0.5, 0.6) is 0 Å². The first-order valence-corrected chi connectivity index (χ1v) is 6.53. The van der Waals surface area contributed by atoms with Gasteiger partial charge in [-0.25, -0.2) is 0 Å². The van der Waals surface area contributed by atoms with Crippen LogP contribution in [0.3, 0.4) is 0 Å². The second-order valence-corrected chi connectivity index (χ2v) is 4.73. The molecule has 0 bridgehead atoms. The highest BCUT2D eigenvalue weighted by atomic mass is 35.5. The fourth-order valence-electron chi connectivity index (χ4n) is 1.94. The molecule has 3 aromatic rings. The Bertz CT molecular complexity index is 712. The molecule has 2 aromatic carbocycles. The van der Waals surface area contributed by atoms with Crippen molar-refractivity contribution in [1.82, 2.24) is 15.0 Å². The molecule has 0 spiro atoms. The van der Waals surface area contributed by atoms with E-state index in [1.807, 2.05) is 42.5 Å². The molecule has 0 aliphatic heterocycles. The Labute approximate surface area is 121 Å². The van der Waals surface area contributed by atoms with E-state index in [1.54, 1.807) is 18.3 Å². The zero-order valence-corrected chi connectivity index (χ0v) is 11.3. The van der Waals surface area contributed by atoms with E-state index < -0.39 is 6.10 Å². The number of halogens is 1. The lowest BCUT2D eigenvalue weighted by molar-refractivity contribution is 0.215. The molecule has 0 aliphatic carbocycles. The van der Waals surface area contributed by atoms with E-state index >= 15 is 0 Å². The Morgan fingerprint density at radius 1 is 1.00 bits per heavy atom. The lowest BCUT2D eigenvalue weighted by Gasteiger charge is -2.09. The third-order valence-electron chi connectivity index (χ3n) is 2.98. The van der Waals surface area contributed by atoms with Crippen LogP contribution >= 0.6 is 11.6 Å². The van der Waals surface area contributed by atoms with Crippen molar-refractivity contribution in [3.63, 3.8) is 0 Å². The average molecular weight is 286 g/mol. The van der Waals surface area contributed by atoms with Crippen molar-refractivity contribution in [2.24, 2.45) is 0 Å². The third kappa shape index (κ3) is 2.43. The van der Waals surface area contributed by atoms with Crippen molar-refractivity contribution < 1.29 is 5.11 Å². The Morgan fingerprint density at radius 3 is 2.45 bits per heavy atom. The quantitative estimate of drug-likeness (QED) is 0.805. The Morgan fingerprint density at radius 2 is 1.70 bits per heavy atom. The molecule has 0 fully saturated rings. The summed E-state index contributed by atoms with van der Waals surface area (Å²) in [7, 11) is 0. The van der Waals surface area contributed by atoms with Gasteiger partial charge < -0.3 is 5.11 Å². The van der Waals surface area contributed by atoms with E-state index in [9.17, 15) is 5.11 Å². The predicted octanol–water partition coefficient (Wildman–Crippen LogP) is 3.00. The fourth-order valence-corrected chi connectivity index (χ4v) is 2.18. The molecule has 0 saturated heterocycles. The molecule has 1 unspecified atom stereocenters. The van der Waals surface area contributed by atoms with Crippen LogP contribution in [0.2, 0.25) is 5.02 Å². The highest BCUT2D eigenvalue weighted by Crippen LogP contribution is 2.26. The van der Waals surface area contributed by atoms with E-state index in [1.165, 1.54) is 4.80 Å². The zero-order valence-electron chi connectivity index (χ0n) is 10.5. The van der Waals surface area contributed by atoms with Gasteiger partial charge in [0.2, 0.25) is 0 Å². The van der Waals surface area contributed by atoms with Gasteiger partial charge in [0, 0.05) is 10.6 Å². The summed E-state index contributed by atoms with van der Waals surface area (Å²) in [5.41, 5.74) is 1.92. The van der Waals surface area contributed by atoms with E-state index in [-0.39, 0.29) is 0 Å². The van der Waals surface area contributed by atoms with Crippen LogP contribution in [0.15, 0.2) is 60.8 Å². The van der Waals surface area contributed by atoms with Gasteiger partial charge in [-0.1, -0.05) is 48.0 Å². The summed E-state index contributed by atoms with van der Waals surface area (Å²) in [6.07, 6.45) is 0.655. The summed E-state index contributed by atoms with van der Waals surface area (Å²) >= 11 is 6.08. The van der Waals surface area contributed by atoms with E-state index in [0.29, 0.717) is 16.3 Å². The van der Waals surface area contributed by atoms with Crippen LogP contribution in [0, 0.1) is 0 Å². The Hall–Kier alpha value is -2.17. The molecule has 1 heterocycles. The van der Waals surface area contributed by atoms with E-state index in [4.69, 9.17) is 11.6 Å². The van der Waals surface area contributed by atoms with Crippen molar-refractivity contribution in [3.8, 4) is 5.69 Å². The van der Waals surface area contributed by atoms with Crippen LogP contribution < -0.4 is 0 Å². The molecule has 0 radical (unpaired) electrons. The second kappa shape index (κ2) is 5.45. The zero-order chi connectivity index (χ0) is 13.9. The first kappa shape index (κ1) is 12.8. The molecule has 0 saturated carbocycles. The van der Waals surface area contributed by atoms with E-state index in [0.717, 1.165) is 5.69 Å². The molecule has 0 aliphatic rings. The molecular formula is C15H12ClN3O. The Kier molecular flexibility index (Phi) is 3.50. The molecule has 20 heavy (non-hydrogen) atoms. The highest BCUT2D eigenvalue weighted by Gasteiger charge is 2.17. The lowest BCUT2D eigenvalue weighted by Crippen LogP contribution is -2.03. The number of aromatic nitrogens is 3. The SMILES string of the molecule is OC(c1cnn(-c2ccccc2)n1)c1ccccc1Cl. The summed E-state index contributed by atoms with van der Waals surface area (Å²) in [6, 6.07) is 16.7. The van der Waals surface area contributed by atoms with Gasteiger partial charge in [0.25, 0.3) is 0 Å². The molecule has 4 nitrogen and oxygen atoms in total. The minimum absolute atomic E-state index is 0.460. The smallest absolute Gasteiger partial charge is 0.126 e. The maximum Gasteiger partial charge on any atom is 0.126 e. The highest BCUT2D eigenvalue weighted by molar-refractivity contribution is 6.31. The van der Waals surface area contributed by atoms with Crippen molar-refractivity contribution in [3.05, 3.63) is 77.1 Å². The molecule has 1 N–H and O–H groups in total. The topological polar surface area (TPSA) is 50.9 Å². The summed E-state index contributed by atoms with van der Waals surface area (Å²) < 4.78 is 0. The van der Waals surface area contributed by atoms with Gasteiger partial charge in [-0.15, -0.1) is 0 Å². The molecule has 3 rings (SSSR count). The van der Waals surface area contributed by atoms with Crippen LogP contribution in [-0.4, -0.2) is 20.1 Å². The maximum atomic E-state index is 10.3. The van der Waals surface area contributed by atoms with Crippen LogP contribution in [0.1, 0.15) is 17.4 Å². The summed E-state index contributed by atoms with van der Waals surface area (Å²) in [5.74, 6) is 0. The number of aliphatic hydroxyl groups is 1. The maximum absolute atomic E-state index is 10.3. The van der Waals surface area contributed by atoms with Gasteiger partial charge in [-0.2, -0.15) is 15.0 Å². The van der Waals surface area contributed by atoms with Crippen molar-refractivity contribution in [1.29, 1.82) is 0 Å². The lowest BCUT2D eigenvalue weighted by atomic mass is 10.1. The van der Waals surface area contributed by atoms with Crippen LogP contribution in [-0.2, 0) is 0 Å². The molecular weight excluding hydrogens is 274 g/mol. The van der Waals surface area contributed by atoms with Gasteiger partial charge in [-0.3, -0.25) is 0 Å². The molecule has 0 amide bonds. The van der Waals surface area contributed by atoms with Crippen molar-refractivity contribution in [2.75, 3.05) is 0 Å². The number of hydrogen-bond donors (Lipinski definition) is 1. The van der Waals surface area contributed by atoms with Gasteiger partial charge in [-0.05, 0) is 18.2 Å². The van der Waals surface area contributed by atoms with Gasteiger partial charge in [0.05, 0.1) is 11.9 Å². The summed E-state index contributed by atoms with van der Waals surface area (Å²) in [5, 5.41) is 19.3. The first-order valence-electron chi connectivity index (χ1n) is 6.16. The molecule has 1 atom stereocenters. The normalized spacial score (nSPS) is 12.3. The number of nitrogens with zero attached hydrogens (tertiary/aromatic N) is 3. The number of rotatable bonds is 3. The standard InChI is InChI=1S/C15H12ClN3O/c16-13-9-5-4-8-12(13)15(20)14-10-17-19(18-14)11-6-2-1-3-7-11/h1-10,15,20H. The number of aliphatic hydroxyl groups excluding tert-OH is 1. The van der Waals surface area contributed by atoms with E-state index in [2.05, 4.69) is 10.2 Å².